The number of nitrogens with zero attached hydrogens (tertiary/aromatic N) is 2. The topological polar surface area (TPSA) is 92.2 Å². The predicted molar refractivity (Wildman–Crippen MR) is 92.1 cm³/mol. The molecule has 0 saturated heterocycles. The first-order valence-electron chi connectivity index (χ1n) is 7.11. The standard InChI is InChI=1S/C15H17N3O3S2/c1-2-12-14(23-18-17-12)15(21)16-11-5-3-4-10(8-11)9-22-7-6-13(19)20/h3-5,8H,2,6-7,9H2,1H3,(H,16,21)(H,19,20). The molecule has 0 saturated carbocycles. The summed E-state index contributed by atoms with van der Waals surface area (Å²) in [5, 5.41) is 15.4. The molecule has 1 heterocycles. The molecular formula is C15H17N3O3S2. The van der Waals surface area contributed by atoms with Gasteiger partial charge in [-0.2, -0.15) is 11.8 Å². The average molecular weight is 351 g/mol. The number of carboxylic acid groups (broad SMARTS) is 1. The number of nitrogens with one attached hydrogen (secondary N) is 1. The van der Waals surface area contributed by atoms with Crippen molar-refractivity contribution in [1.82, 2.24) is 9.59 Å². The van der Waals surface area contributed by atoms with Crippen LogP contribution in [0.25, 0.3) is 0 Å². The molecule has 0 aliphatic heterocycles. The molecule has 0 aliphatic carbocycles. The molecule has 0 fully saturated rings. The molecule has 1 amide bonds. The van der Waals surface area contributed by atoms with Gasteiger partial charge in [-0.15, -0.1) is 5.10 Å². The van der Waals surface area contributed by atoms with Crippen molar-refractivity contribution in [1.29, 1.82) is 0 Å². The lowest BCUT2D eigenvalue weighted by Crippen LogP contribution is -2.12. The largest absolute Gasteiger partial charge is 0.481 e. The third-order valence-electron chi connectivity index (χ3n) is 3.01. The van der Waals surface area contributed by atoms with Crippen LogP contribution in [0.5, 0.6) is 0 Å². The van der Waals surface area contributed by atoms with Gasteiger partial charge in [-0.3, -0.25) is 9.59 Å². The number of amides is 1. The minimum Gasteiger partial charge on any atom is -0.481 e. The van der Waals surface area contributed by atoms with E-state index in [9.17, 15) is 9.59 Å². The van der Waals surface area contributed by atoms with E-state index < -0.39 is 5.97 Å². The van der Waals surface area contributed by atoms with Crippen LogP contribution in [0.15, 0.2) is 24.3 Å². The van der Waals surface area contributed by atoms with Gasteiger partial charge in [-0.1, -0.05) is 23.5 Å². The van der Waals surface area contributed by atoms with E-state index in [2.05, 4.69) is 14.9 Å². The van der Waals surface area contributed by atoms with Crippen LogP contribution >= 0.6 is 23.3 Å². The van der Waals surface area contributed by atoms with Gasteiger partial charge in [-0.25, -0.2) is 0 Å². The Labute approximate surface area is 142 Å². The highest BCUT2D eigenvalue weighted by atomic mass is 32.2. The molecule has 0 spiro atoms. The summed E-state index contributed by atoms with van der Waals surface area (Å²) in [6.07, 6.45) is 0.818. The molecule has 0 unspecified atom stereocenters. The van der Waals surface area contributed by atoms with Gasteiger partial charge in [0.05, 0.1) is 12.1 Å². The number of carboxylic acids is 1. The fourth-order valence-electron chi connectivity index (χ4n) is 1.89. The lowest BCUT2D eigenvalue weighted by molar-refractivity contribution is -0.136. The number of anilines is 1. The second kappa shape index (κ2) is 8.64. The molecule has 6 nitrogen and oxygen atoms in total. The highest BCUT2D eigenvalue weighted by Gasteiger charge is 2.15. The van der Waals surface area contributed by atoms with E-state index in [1.165, 1.54) is 0 Å². The third kappa shape index (κ3) is 5.33. The number of aromatic nitrogens is 2. The number of carbonyl (C=O) groups is 2. The first-order chi connectivity index (χ1) is 11.1. The lowest BCUT2D eigenvalue weighted by atomic mass is 10.2. The molecule has 0 aliphatic rings. The van der Waals surface area contributed by atoms with Crippen LogP contribution in [-0.2, 0) is 17.0 Å². The van der Waals surface area contributed by atoms with Crippen LogP contribution in [0.2, 0.25) is 0 Å². The second-order valence-electron chi connectivity index (χ2n) is 4.75. The Morgan fingerprint density at radius 2 is 2.22 bits per heavy atom. The summed E-state index contributed by atoms with van der Waals surface area (Å²) >= 11 is 2.65. The fourth-order valence-corrected chi connectivity index (χ4v) is 3.41. The predicted octanol–water partition coefficient (Wildman–Crippen LogP) is 3.06. The maximum atomic E-state index is 12.3. The van der Waals surface area contributed by atoms with Gasteiger partial charge in [-0.05, 0) is 35.6 Å². The van der Waals surface area contributed by atoms with Crippen LogP contribution in [0, 0.1) is 0 Å². The third-order valence-corrected chi connectivity index (χ3v) is 4.81. The smallest absolute Gasteiger partial charge is 0.304 e. The van der Waals surface area contributed by atoms with Crippen molar-refractivity contribution in [2.24, 2.45) is 0 Å². The Morgan fingerprint density at radius 3 is 2.96 bits per heavy atom. The summed E-state index contributed by atoms with van der Waals surface area (Å²) in [5.74, 6) is 0.286. The van der Waals surface area contributed by atoms with E-state index in [0.717, 1.165) is 17.1 Å². The van der Waals surface area contributed by atoms with E-state index in [0.29, 0.717) is 34.2 Å². The molecule has 2 N–H and O–H groups in total. The molecule has 122 valence electrons. The summed E-state index contributed by atoms with van der Waals surface area (Å²) in [4.78, 5) is 23.3. The van der Waals surface area contributed by atoms with Gasteiger partial charge in [0.1, 0.15) is 4.88 Å². The molecule has 0 bridgehead atoms. The Kier molecular flexibility index (Phi) is 6.54. The number of aryl methyl sites for hydroxylation is 1. The number of aliphatic carboxylic acids is 1. The SMILES string of the molecule is CCc1nnsc1C(=O)Nc1cccc(CSCCC(=O)O)c1. The summed E-state index contributed by atoms with van der Waals surface area (Å²) in [6, 6.07) is 7.54. The van der Waals surface area contributed by atoms with Crippen LogP contribution in [0.4, 0.5) is 5.69 Å². The Bertz CT molecular complexity index is 688. The van der Waals surface area contributed by atoms with Crippen molar-refractivity contribution in [3.05, 3.63) is 40.4 Å². The molecule has 0 radical (unpaired) electrons. The van der Waals surface area contributed by atoms with E-state index >= 15 is 0 Å². The van der Waals surface area contributed by atoms with E-state index in [-0.39, 0.29) is 12.3 Å². The minimum atomic E-state index is -0.789. The van der Waals surface area contributed by atoms with Crippen molar-refractivity contribution in [3.63, 3.8) is 0 Å². The number of hydrogen-bond donors (Lipinski definition) is 2. The van der Waals surface area contributed by atoms with Crippen LogP contribution < -0.4 is 5.32 Å². The number of carbonyl (C=O) groups excluding carboxylic acids is 1. The quantitative estimate of drug-likeness (QED) is 0.710. The Morgan fingerprint density at radius 1 is 1.39 bits per heavy atom. The van der Waals surface area contributed by atoms with Crippen LogP contribution in [0.1, 0.15) is 34.3 Å². The normalized spacial score (nSPS) is 10.5. The molecule has 8 heteroatoms. The fraction of sp³-hybridized carbons (Fsp3) is 0.333. The highest BCUT2D eigenvalue weighted by Crippen LogP contribution is 2.19. The maximum Gasteiger partial charge on any atom is 0.304 e. The van der Waals surface area contributed by atoms with Crippen molar-refractivity contribution in [3.8, 4) is 0 Å². The lowest BCUT2D eigenvalue weighted by Gasteiger charge is -2.07. The molecular weight excluding hydrogens is 334 g/mol. The monoisotopic (exact) mass is 351 g/mol. The van der Waals surface area contributed by atoms with Crippen molar-refractivity contribution in [2.45, 2.75) is 25.5 Å². The van der Waals surface area contributed by atoms with Gasteiger partial charge in [0.25, 0.3) is 5.91 Å². The zero-order chi connectivity index (χ0) is 16.7. The van der Waals surface area contributed by atoms with Crippen LogP contribution in [0.3, 0.4) is 0 Å². The van der Waals surface area contributed by atoms with Crippen molar-refractivity contribution in [2.75, 3.05) is 11.1 Å². The average Bonchev–Trinajstić information content (AvgIpc) is 3.00. The molecule has 1 aromatic carbocycles. The summed E-state index contributed by atoms with van der Waals surface area (Å²) in [5.41, 5.74) is 2.45. The number of rotatable bonds is 8. The van der Waals surface area contributed by atoms with Gasteiger partial charge in [0.15, 0.2) is 0 Å². The Balaban J connectivity index is 1.94. The second-order valence-corrected chi connectivity index (χ2v) is 6.61. The summed E-state index contributed by atoms with van der Waals surface area (Å²) in [6.45, 7) is 1.93. The molecule has 1 aromatic heterocycles. The Hall–Kier alpha value is -1.93. The first-order valence-corrected chi connectivity index (χ1v) is 9.04. The van der Waals surface area contributed by atoms with Gasteiger partial charge in [0, 0.05) is 17.2 Å². The van der Waals surface area contributed by atoms with Crippen molar-refractivity contribution < 1.29 is 14.7 Å². The number of benzene rings is 1. The number of hydrogen-bond acceptors (Lipinski definition) is 6. The van der Waals surface area contributed by atoms with Gasteiger partial charge < -0.3 is 10.4 Å². The van der Waals surface area contributed by atoms with Gasteiger partial charge >= 0.3 is 5.97 Å². The zero-order valence-corrected chi connectivity index (χ0v) is 14.2. The zero-order valence-electron chi connectivity index (χ0n) is 12.6. The molecule has 2 aromatic rings. The summed E-state index contributed by atoms with van der Waals surface area (Å²) < 4.78 is 3.82. The van der Waals surface area contributed by atoms with E-state index in [1.54, 1.807) is 11.8 Å². The van der Waals surface area contributed by atoms with E-state index in [1.807, 2.05) is 31.2 Å². The molecule has 23 heavy (non-hydrogen) atoms. The molecule has 2 rings (SSSR count). The van der Waals surface area contributed by atoms with Crippen molar-refractivity contribution >= 4 is 40.9 Å². The highest BCUT2D eigenvalue weighted by molar-refractivity contribution is 7.98. The van der Waals surface area contributed by atoms with Gasteiger partial charge in [0.2, 0.25) is 0 Å². The molecule has 0 atom stereocenters. The maximum absolute atomic E-state index is 12.3. The summed E-state index contributed by atoms with van der Waals surface area (Å²) in [7, 11) is 0. The van der Waals surface area contributed by atoms with E-state index in [4.69, 9.17) is 5.11 Å². The number of thioether (sulfide) groups is 1. The van der Waals surface area contributed by atoms with Crippen LogP contribution in [-0.4, -0.2) is 32.3 Å². The first kappa shape index (κ1) is 17.4. The minimum absolute atomic E-state index is 0.152.